The number of carboxylic acids is 1. The van der Waals surface area contributed by atoms with Crippen LogP contribution in [0.5, 0.6) is 5.75 Å². The van der Waals surface area contributed by atoms with Crippen LogP contribution in [0.15, 0.2) is 30.3 Å². The number of phenolic OH excluding ortho intramolecular Hbond substituents is 1. The van der Waals surface area contributed by atoms with Crippen LogP contribution in [0.1, 0.15) is 25.6 Å². The van der Waals surface area contributed by atoms with Gasteiger partial charge in [-0.15, -0.1) is 11.3 Å². The van der Waals surface area contributed by atoms with Gasteiger partial charge < -0.3 is 15.5 Å². The van der Waals surface area contributed by atoms with Crippen molar-refractivity contribution in [1.29, 1.82) is 0 Å². The quantitative estimate of drug-likeness (QED) is 0.805. The van der Waals surface area contributed by atoms with Crippen molar-refractivity contribution in [2.45, 2.75) is 6.92 Å². The van der Waals surface area contributed by atoms with Gasteiger partial charge in [-0.25, -0.2) is 4.79 Å². The predicted octanol–water partition coefficient (Wildman–Crippen LogP) is 2.71. The lowest BCUT2D eigenvalue weighted by Gasteiger charge is -2.06. The normalized spacial score (nSPS) is 10.2. The number of rotatable bonds is 3. The minimum atomic E-state index is -1.02. The van der Waals surface area contributed by atoms with E-state index in [1.54, 1.807) is 13.0 Å². The third kappa shape index (κ3) is 2.92. The molecular formula is C13H11NO4S. The van der Waals surface area contributed by atoms with Gasteiger partial charge in [-0.1, -0.05) is 0 Å². The van der Waals surface area contributed by atoms with Gasteiger partial charge in [-0.2, -0.15) is 0 Å². The van der Waals surface area contributed by atoms with Crippen LogP contribution >= 0.6 is 11.3 Å². The number of aromatic hydroxyl groups is 1. The van der Waals surface area contributed by atoms with Crippen LogP contribution in [-0.4, -0.2) is 22.1 Å². The van der Waals surface area contributed by atoms with Crippen molar-refractivity contribution in [3.63, 3.8) is 0 Å². The summed E-state index contributed by atoms with van der Waals surface area (Å²) in [5.74, 6) is -1.26. The molecule has 1 heterocycles. The molecule has 1 amide bonds. The Kier molecular flexibility index (Phi) is 3.52. The number of phenols is 1. The average Bonchev–Trinajstić information content (AvgIpc) is 2.77. The number of aryl methyl sites for hydroxylation is 1. The molecule has 0 saturated heterocycles. The third-order valence-electron chi connectivity index (χ3n) is 2.51. The van der Waals surface area contributed by atoms with Gasteiger partial charge in [0.1, 0.15) is 10.6 Å². The monoisotopic (exact) mass is 277 g/mol. The van der Waals surface area contributed by atoms with Gasteiger partial charge in [0.25, 0.3) is 5.91 Å². The zero-order chi connectivity index (χ0) is 14.0. The number of carbonyl (C=O) groups excluding carboxylic acids is 1. The van der Waals surface area contributed by atoms with E-state index in [4.69, 9.17) is 5.11 Å². The summed E-state index contributed by atoms with van der Waals surface area (Å²) < 4.78 is 0. The second-order valence-electron chi connectivity index (χ2n) is 3.92. The summed E-state index contributed by atoms with van der Waals surface area (Å²) in [4.78, 5) is 22.9. The number of hydrogen-bond donors (Lipinski definition) is 3. The van der Waals surface area contributed by atoms with Gasteiger partial charge in [0, 0.05) is 5.56 Å². The molecule has 0 unspecified atom stereocenters. The van der Waals surface area contributed by atoms with Crippen molar-refractivity contribution >= 4 is 28.2 Å². The fraction of sp³-hybridized carbons (Fsp3) is 0.0769. The van der Waals surface area contributed by atoms with Crippen LogP contribution in [0.4, 0.5) is 5.00 Å². The number of aromatic carboxylic acids is 1. The molecule has 0 bridgehead atoms. The molecule has 98 valence electrons. The van der Waals surface area contributed by atoms with Gasteiger partial charge in [0.2, 0.25) is 0 Å². The number of anilines is 1. The molecule has 0 aliphatic rings. The summed E-state index contributed by atoms with van der Waals surface area (Å²) in [5.41, 5.74) is 1.08. The standard InChI is InChI=1S/C13H11NO4S/c1-7-6-8(15)2-3-9(7)12(16)14-11-5-4-10(19-11)13(17)18/h2-6,15H,1H3,(H,14,16)(H,17,18). The Hall–Kier alpha value is -2.34. The van der Waals surface area contributed by atoms with Crippen molar-refractivity contribution in [3.05, 3.63) is 46.3 Å². The van der Waals surface area contributed by atoms with Crippen molar-refractivity contribution in [3.8, 4) is 5.75 Å². The highest BCUT2D eigenvalue weighted by atomic mass is 32.1. The predicted molar refractivity (Wildman–Crippen MR) is 72.1 cm³/mol. The van der Waals surface area contributed by atoms with Crippen molar-refractivity contribution in [2.24, 2.45) is 0 Å². The number of amides is 1. The van der Waals surface area contributed by atoms with E-state index in [0.29, 0.717) is 16.1 Å². The number of nitrogens with one attached hydrogen (secondary N) is 1. The van der Waals surface area contributed by atoms with E-state index in [9.17, 15) is 14.7 Å². The maximum Gasteiger partial charge on any atom is 0.345 e. The average molecular weight is 277 g/mol. The van der Waals surface area contributed by atoms with E-state index in [1.807, 2.05) is 0 Å². The molecule has 0 saturated carbocycles. The van der Waals surface area contributed by atoms with Gasteiger partial charge >= 0.3 is 5.97 Å². The van der Waals surface area contributed by atoms with Gasteiger partial charge in [0.05, 0.1) is 5.00 Å². The Labute approximate surface area is 113 Å². The Morgan fingerprint density at radius 3 is 2.53 bits per heavy atom. The first-order valence-electron chi connectivity index (χ1n) is 5.41. The van der Waals surface area contributed by atoms with Crippen molar-refractivity contribution < 1.29 is 19.8 Å². The molecule has 0 atom stereocenters. The minimum Gasteiger partial charge on any atom is -0.508 e. The molecule has 0 fully saturated rings. The largest absolute Gasteiger partial charge is 0.508 e. The SMILES string of the molecule is Cc1cc(O)ccc1C(=O)Nc1ccc(C(=O)O)s1. The summed E-state index contributed by atoms with van der Waals surface area (Å²) in [6.45, 7) is 1.71. The summed E-state index contributed by atoms with van der Waals surface area (Å²) in [5, 5.41) is 21.2. The first-order valence-corrected chi connectivity index (χ1v) is 6.23. The smallest absolute Gasteiger partial charge is 0.345 e. The van der Waals surface area contributed by atoms with E-state index >= 15 is 0 Å². The van der Waals surface area contributed by atoms with Crippen LogP contribution in [0, 0.1) is 6.92 Å². The maximum absolute atomic E-state index is 12.0. The summed E-state index contributed by atoms with van der Waals surface area (Å²) in [7, 11) is 0. The highest BCUT2D eigenvalue weighted by Crippen LogP contribution is 2.23. The summed E-state index contributed by atoms with van der Waals surface area (Å²) >= 11 is 0.992. The number of carboxylic acid groups (broad SMARTS) is 1. The Bertz CT molecular complexity index is 648. The summed E-state index contributed by atoms with van der Waals surface area (Å²) in [6, 6.07) is 7.42. The number of hydrogen-bond acceptors (Lipinski definition) is 4. The molecule has 19 heavy (non-hydrogen) atoms. The van der Waals surface area contributed by atoms with Gasteiger partial charge in [0.15, 0.2) is 0 Å². The third-order valence-corrected chi connectivity index (χ3v) is 3.50. The molecule has 6 heteroatoms. The number of benzene rings is 1. The number of carbonyl (C=O) groups is 2. The van der Waals surface area contributed by atoms with Crippen LogP contribution in [0.3, 0.4) is 0 Å². The van der Waals surface area contributed by atoms with Crippen molar-refractivity contribution in [1.82, 2.24) is 0 Å². The molecule has 1 aromatic heterocycles. The van der Waals surface area contributed by atoms with Crippen LogP contribution in [0.25, 0.3) is 0 Å². The lowest BCUT2D eigenvalue weighted by atomic mass is 10.1. The zero-order valence-corrected chi connectivity index (χ0v) is 10.8. The van der Waals surface area contributed by atoms with Crippen molar-refractivity contribution in [2.75, 3.05) is 5.32 Å². The maximum atomic E-state index is 12.0. The molecule has 0 aliphatic heterocycles. The molecular weight excluding hydrogens is 266 g/mol. The first kappa shape index (κ1) is 13.1. The minimum absolute atomic E-state index is 0.0957. The van der Waals surface area contributed by atoms with E-state index in [2.05, 4.69) is 5.32 Å². The van der Waals surface area contributed by atoms with Gasteiger partial charge in [-0.3, -0.25) is 4.79 Å². The molecule has 0 radical (unpaired) electrons. The Morgan fingerprint density at radius 2 is 1.95 bits per heavy atom. The highest BCUT2D eigenvalue weighted by Gasteiger charge is 2.12. The van der Waals surface area contributed by atoms with Crippen LogP contribution < -0.4 is 5.32 Å². The molecule has 1 aromatic carbocycles. The molecule has 3 N–H and O–H groups in total. The molecule has 5 nitrogen and oxygen atoms in total. The van der Waals surface area contributed by atoms with E-state index < -0.39 is 5.97 Å². The molecule has 0 spiro atoms. The first-order chi connectivity index (χ1) is 8.97. The molecule has 0 aliphatic carbocycles. The van der Waals surface area contributed by atoms with Gasteiger partial charge in [-0.05, 0) is 42.8 Å². The molecule has 2 rings (SSSR count). The van der Waals surface area contributed by atoms with Crippen LogP contribution in [0.2, 0.25) is 0 Å². The summed E-state index contributed by atoms with van der Waals surface area (Å²) in [6.07, 6.45) is 0. The lowest BCUT2D eigenvalue weighted by molar-refractivity contribution is 0.0702. The number of thiophene rings is 1. The zero-order valence-electron chi connectivity index (χ0n) is 10.0. The Balaban J connectivity index is 2.18. The second kappa shape index (κ2) is 5.11. The lowest BCUT2D eigenvalue weighted by Crippen LogP contribution is -2.12. The van der Waals surface area contributed by atoms with E-state index in [0.717, 1.165) is 11.3 Å². The van der Waals surface area contributed by atoms with E-state index in [1.165, 1.54) is 24.3 Å². The van der Waals surface area contributed by atoms with Crippen LogP contribution in [-0.2, 0) is 0 Å². The fourth-order valence-corrected chi connectivity index (χ4v) is 2.34. The topological polar surface area (TPSA) is 86.6 Å². The second-order valence-corrected chi connectivity index (χ2v) is 5.01. The van der Waals surface area contributed by atoms with E-state index in [-0.39, 0.29) is 16.5 Å². The Morgan fingerprint density at radius 1 is 1.21 bits per heavy atom. The molecule has 2 aromatic rings. The fourth-order valence-electron chi connectivity index (χ4n) is 1.60. The highest BCUT2D eigenvalue weighted by molar-refractivity contribution is 7.18.